The lowest BCUT2D eigenvalue weighted by Gasteiger charge is -2.06. The number of carboxylic acids is 1. The van der Waals surface area contributed by atoms with Crippen LogP contribution in [-0.2, 0) is 13.0 Å². The van der Waals surface area contributed by atoms with Crippen molar-refractivity contribution < 1.29 is 14.6 Å². The Morgan fingerprint density at radius 1 is 1.21 bits per heavy atom. The molecule has 19 heavy (non-hydrogen) atoms. The molecule has 0 bridgehead atoms. The second kappa shape index (κ2) is 6.00. The van der Waals surface area contributed by atoms with Crippen molar-refractivity contribution in [2.45, 2.75) is 20.0 Å². The van der Waals surface area contributed by atoms with Gasteiger partial charge in [0.1, 0.15) is 18.1 Å². The van der Waals surface area contributed by atoms with E-state index in [-0.39, 0.29) is 12.3 Å². The number of benzene rings is 1. The summed E-state index contributed by atoms with van der Waals surface area (Å²) in [5.41, 5.74) is 1.88. The summed E-state index contributed by atoms with van der Waals surface area (Å²) in [6.45, 7) is 2.35. The molecule has 1 N–H and O–H groups in total. The average Bonchev–Trinajstić information content (AvgIpc) is 2.46. The second-order valence-electron chi connectivity index (χ2n) is 4.11. The first-order valence-corrected chi connectivity index (χ1v) is 6.10. The van der Waals surface area contributed by atoms with Gasteiger partial charge < -0.3 is 9.84 Å². The fraction of sp³-hybridized carbons (Fsp3) is 0.200. The third-order valence-electron chi connectivity index (χ3n) is 2.74. The highest BCUT2D eigenvalue weighted by Gasteiger charge is 2.05. The number of carbonyl (C=O) groups is 1. The van der Waals surface area contributed by atoms with Crippen LogP contribution >= 0.6 is 0 Å². The maximum Gasteiger partial charge on any atom is 0.354 e. The summed E-state index contributed by atoms with van der Waals surface area (Å²) in [5.74, 6) is -0.283. The number of rotatable bonds is 5. The Labute approximate surface area is 111 Å². The Kier molecular flexibility index (Phi) is 4.13. The number of hydrogen-bond donors (Lipinski definition) is 1. The molecule has 0 unspecified atom stereocenters. The van der Waals surface area contributed by atoms with Crippen molar-refractivity contribution in [3.63, 3.8) is 0 Å². The van der Waals surface area contributed by atoms with Gasteiger partial charge in [0, 0.05) is 0 Å². The fourth-order valence-corrected chi connectivity index (χ4v) is 1.66. The smallest absolute Gasteiger partial charge is 0.354 e. The monoisotopic (exact) mass is 257 g/mol. The van der Waals surface area contributed by atoms with Gasteiger partial charge in [-0.25, -0.2) is 9.78 Å². The quantitative estimate of drug-likeness (QED) is 0.894. The van der Waals surface area contributed by atoms with Gasteiger partial charge >= 0.3 is 5.97 Å². The Morgan fingerprint density at radius 3 is 2.58 bits per heavy atom. The van der Waals surface area contributed by atoms with Crippen LogP contribution in [0.15, 0.2) is 42.5 Å². The van der Waals surface area contributed by atoms with E-state index in [0.717, 1.165) is 12.2 Å². The number of aryl methyl sites for hydroxylation is 1. The van der Waals surface area contributed by atoms with Gasteiger partial charge in [-0.2, -0.15) is 0 Å². The molecule has 0 aliphatic heterocycles. The largest absolute Gasteiger partial charge is 0.487 e. The van der Waals surface area contributed by atoms with Crippen LogP contribution in [-0.4, -0.2) is 16.1 Å². The number of ether oxygens (including phenoxy) is 1. The molecule has 0 saturated carbocycles. The summed E-state index contributed by atoms with van der Waals surface area (Å²) in [5, 5.41) is 8.85. The minimum Gasteiger partial charge on any atom is -0.487 e. The summed E-state index contributed by atoms with van der Waals surface area (Å²) in [4.78, 5) is 14.8. The Morgan fingerprint density at radius 2 is 1.95 bits per heavy atom. The number of pyridine rings is 1. The molecular weight excluding hydrogens is 242 g/mol. The summed E-state index contributed by atoms with van der Waals surface area (Å²) >= 11 is 0. The maximum absolute atomic E-state index is 10.8. The van der Waals surface area contributed by atoms with E-state index in [1.807, 2.05) is 24.3 Å². The molecule has 0 aliphatic rings. The minimum absolute atomic E-state index is 0.0300. The Hall–Kier alpha value is -2.36. The van der Waals surface area contributed by atoms with Crippen molar-refractivity contribution in [2.24, 2.45) is 0 Å². The van der Waals surface area contributed by atoms with Gasteiger partial charge in [-0.1, -0.05) is 25.1 Å². The number of hydrogen-bond acceptors (Lipinski definition) is 3. The molecule has 98 valence electrons. The van der Waals surface area contributed by atoms with E-state index in [1.54, 1.807) is 12.1 Å². The van der Waals surface area contributed by atoms with E-state index in [1.165, 1.54) is 11.6 Å². The lowest BCUT2D eigenvalue weighted by atomic mass is 10.2. The van der Waals surface area contributed by atoms with Gasteiger partial charge in [0.2, 0.25) is 0 Å². The van der Waals surface area contributed by atoms with Crippen LogP contribution in [0.4, 0.5) is 0 Å². The number of carboxylic acid groups (broad SMARTS) is 1. The van der Waals surface area contributed by atoms with Crippen LogP contribution < -0.4 is 4.74 Å². The summed E-state index contributed by atoms with van der Waals surface area (Å²) < 4.78 is 5.57. The van der Waals surface area contributed by atoms with E-state index < -0.39 is 5.97 Å². The van der Waals surface area contributed by atoms with E-state index in [0.29, 0.717) is 5.69 Å². The molecule has 1 heterocycles. The van der Waals surface area contributed by atoms with Crippen LogP contribution in [0, 0.1) is 0 Å². The molecule has 0 atom stereocenters. The van der Waals surface area contributed by atoms with Gasteiger partial charge in [-0.05, 0) is 36.2 Å². The van der Waals surface area contributed by atoms with Crippen molar-refractivity contribution in [3.05, 3.63) is 59.4 Å². The van der Waals surface area contributed by atoms with Crippen molar-refractivity contribution in [1.82, 2.24) is 4.98 Å². The zero-order valence-electron chi connectivity index (χ0n) is 10.7. The highest BCUT2D eigenvalue weighted by molar-refractivity contribution is 5.85. The van der Waals surface area contributed by atoms with Crippen LogP contribution in [0.25, 0.3) is 0 Å². The Balaban J connectivity index is 2.01. The minimum atomic E-state index is -1.03. The van der Waals surface area contributed by atoms with Crippen LogP contribution in [0.1, 0.15) is 28.7 Å². The molecule has 0 aliphatic carbocycles. The van der Waals surface area contributed by atoms with E-state index >= 15 is 0 Å². The predicted molar refractivity (Wildman–Crippen MR) is 71.3 cm³/mol. The number of aromatic carboxylic acids is 1. The summed E-state index contributed by atoms with van der Waals surface area (Å²) in [6, 6.07) is 12.7. The number of aromatic nitrogens is 1. The molecule has 1 aromatic carbocycles. The average molecular weight is 257 g/mol. The Bertz CT molecular complexity index is 564. The summed E-state index contributed by atoms with van der Waals surface area (Å²) in [7, 11) is 0. The van der Waals surface area contributed by atoms with Gasteiger partial charge in [0.15, 0.2) is 0 Å². The molecule has 1 aromatic heterocycles. The van der Waals surface area contributed by atoms with Gasteiger partial charge in [0.05, 0.1) is 5.69 Å². The van der Waals surface area contributed by atoms with E-state index in [4.69, 9.17) is 9.84 Å². The van der Waals surface area contributed by atoms with Crippen LogP contribution in [0.2, 0.25) is 0 Å². The molecule has 4 heteroatoms. The molecule has 0 fully saturated rings. The molecule has 0 spiro atoms. The van der Waals surface area contributed by atoms with Crippen molar-refractivity contribution in [3.8, 4) is 5.75 Å². The summed E-state index contributed by atoms with van der Waals surface area (Å²) in [6.07, 6.45) is 0.989. The zero-order chi connectivity index (χ0) is 13.7. The molecule has 2 rings (SSSR count). The zero-order valence-corrected chi connectivity index (χ0v) is 10.7. The lowest BCUT2D eigenvalue weighted by Crippen LogP contribution is -2.04. The molecule has 0 radical (unpaired) electrons. The molecule has 0 amide bonds. The molecule has 4 nitrogen and oxygen atoms in total. The van der Waals surface area contributed by atoms with Crippen molar-refractivity contribution in [1.29, 1.82) is 0 Å². The molecule has 2 aromatic rings. The van der Waals surface area contributed by atoms with Crippen LogP contribution in [0.5, 0.6) is 5.75 Å². The maximum atomic E-state index is 10.8. The fourth-order valence-electron chi connectivity index (χ4n) is 1.66. The van der Waals surface area contributed by atoms with Gasteiger partial charge in [0.25, 0.3) is 0 Å². The van der Waals surface area contributed by atoms with E-state index in [2.05, 4.69) is 11.9 Å². The first-order chi connectivity index (χ1) is 9.19. The first-order valence-electron chi connectivity index (χ1n) is 6.10. The van der Waals surface area contributed by atoms with Crippen molar-refractivity contribution >= 4 is 5.97 Å². The topological polar surface area (TPSA) is 59.4 Å². The van der Waals surface area contributed by atoms with E-state index in [9.17, 15) is 4.79 Å². The molecular formula is C15H15NO3. The number of nitrogens with zero attached hydrogens (tertiary/aromatic N) is 1. The molecule has 0 saturated heterocycles. The van der Waals surface area contributed by atoms with Gasteiger partial charge in [-0.15, -0.1) is 0 Å². The van der Waals surface area contributed by atoms with Crippen molar-refractivity contribution in [2.75, 3.05) is 0 Å². The highest BCUT2D eigenvalue weighted by atomic mass is 16.5. The lowest BCUT2D eigenvalue weighted by molar-refractivity contribution is 0.0690. The second-order valence-corrected chi connectivity index (χ2v) is 4.11. The standard InChI is InChI=1S/C15H15NO3/c1-2-11-6-8-13(9-7-11)19-10-12-4-3-5-14(16-12)15(17)18/h3-9H,2,10H2,1H3,(H,17,18). The highest BCUT2D eigenvalue weighted by Crippen LogP contribution is 2.14. The predicted octanol–water partition coefficient (Wildman–Crippen LogP) is 2.92. The van der Waals surface area contributed by atoms with Crippen LogP contribution in [0.3, 0.4) is 0 Å². The van der Waals surface area contributed by atoms with Gasteiger partial charge in [-0.3, -0.25) is 0 Å². The third-order valence-corrected chi connectivity index (χ3v) is 2.74. The SMILES string of the molecule is CCc1ccc(OCc2cccc(C(=O)O)n2)cc1. The first kappa shape index (κ1) is 13.1. The third kappa shape index (κ3) is 3.55. The normalized spacial score (nSPS) is 10.2.